The van der Waals surface area contributed by atoms with E-state index in [0.717, 1.165) is 0 Å². The Labute approximate surface area is 117 Å². The molecule has 2 aromatic carbocycles. The van der Waals surface area contributed by atoms with Crippen molar-refractivity contribution < 1.29 is 4.79 Å². The number of rotatable bonds is 3. The van der Waals surface area contributed by atoms with Gasteiger partial charge in [-0.15, -0.1) is 6.42 Å². The van der Waals surface area contributed by atoms with Crippen LogP contribution < -0.4 is 5.73 Å². The first-order valence-electron chi connectivity index (χ1n) is 5.74. The van der Waals surface area contributed by atoms with Crippen LogP contribution >= 0.6 is 11.6 Å². The third kappa shape index (κ3) is 2.85. The van der Waals surface area contributed by atoms with Gasteiger partial charge in [-0.3, -0.25) is 4.79 Å². The summed E-state index contributed by atoms with van der Waals surface area (Å²) in [6, 6.07) is 13.3. The van der Waals surface area contributed by atoms with Crippen molar-refractivity contribution >= 4 is 17.4 Å². The van der Waals surface area contributed by atoms with Gasteiger partial charge in [0.25, 0.3) is 0 Å². The molecule has 1 atom stereocenters. The van der Waals surface area contributed by atoms with Crippen LogP contribution in [0.4, 0.5) is 0 Å². The van der Waals surface area contributed by atoms with Crippen molar-refractivity contribution in [3.63, 3.8) is 0 Å². The highest BCUT2D eigenvalue weighted by atomic mass is 35.5. The summed E-state index contributed by atoms with van der Waals surface area (Å²) in [6.07, 6.45) is 5.33. The minimum atomic E-state index is -0.625. The molecule has 0 bridgehead atoms. The molecule has 0 aromatic heterocycles. The smallest absolute Gasteiger partial charge is 0.193 e. The Balaban J connectivity index is 2.53. The van der Waals surface area contributed by atoms with Crippen LogP contribution in [0.15, 0.2) is 48.5 Å². The number of carbonyl (C=O) groups excluding carboxylic acids is 1. The topological polar surface area (TPSA) is 43.1 Å². The molecule has 1 unspecified atom stereocenters. The maximum atomic E-state index is 12.5. The molecule has 0 fully saturated rings. The number of hydrogen-bond donors (Lipinski definition) is 1. The van der Waals surface area contributed by atoms with Crippen LogP contribution in [-0.2, 0) is 0 Å². The number of nitrogens with two attached hydrogens (primary N) is 1. The molecule has 2 nitrogen and oxygen atoms in total. The summed E-state index contributed by atoms with van der Waals surface area (Å²) in [7, 11) is 0. The minimum absolute atomic E-state index is 0.135. The quantitative estimate of drug-likeness (QED) is 0.687. The predicted octanol–water partition coefficient (Wildman–Crippen LogP) is 3.20. The van der Waals surface area contributed by atoms with Gasteiger partial charge in [0, 0.05) is 16.1 Å². The van der Waals surface area contributed by atoms with Gasteiger partial charge in [0.1, 0.15) is 0 Å². The lowest BCUT2D eigenvalue weighted by atomic mass is 9.95. The van der Waals surface area contributed by atoms with Crippen LogP contribution in [0, 0.1) is 12.3 Å². The van der Waals surface area contributed by atoms with E-state index in [0.29, 0.717) is 21.7 Å². The molecule has 2 N–H and O–H groups in total. The summed E-state index contributed by atoms with van der Waals surface area (Å²) < 4.78 is 0. The van der Waals surface area contributed by atoms with Gasteiger partial charge in [-0.05, 0) is 17.7 Å². The van der Waals surface area contributed by atoms with Gasteiger partial charge in [-0.2, -0.15) is 0 Å². The van der Waals surface area contributed by atoms with E-state index in [1.165, 1.54) is 0 Å². The lowest BCUT2D eigenvalue weighted by molar-refractivity contribution is 0.103. The van der Waals surface area contributed by atoms with Crippen LogP contribution in [-0.4, -0.2) is 5.78 Å². The molecule has 0 amide bonds. The summed E-state index contributed by atoms with van der Waals surface area (Å²) in [5.74, 6) is 2.29. The van der Waals surface area contributed by atoms with Crippen molar-refractivity contribution in [1.29, 1.82) is 0 Å². The second kappa shape index (κ2) is 5.71. The highest BCUT2D eigenvalue weighted by molar-refractivity contribution is 6.31. The second-order valence-corrected chi connectivity index (χ2v) is 4.51. The van der Waals surface area contributed by atoms with Gasteiger partial charge in [0.2, 0.25) is 0 Å². The molecule has 0 heterocycles. The summed E-state index contributed by atoms with van der Waals surface area (Å²) in [5.41, 5.74) is 7.47. The molecule has 0 aliphatic carbocycles. The van der Waals surface area contributed by atoms with Gasteiger partial charge in [0.15, 0.2) is 5.78 Å². The first-order chi connectivity index (χ1) is 9.13. The molecule has 0 saturated heterocycles. The molecule has 3 heteroatoms. The first-order valence-corrected chi connectivity index (χ1v) is 6.12. The van der Waals surface area contributed by atoms with Crippen molar-refractivity contribution in [3.05, 3.63) is 70.2 Å². The van der Waals surface area contributed by atoms with Crippen LogP contribution in [0.2, 0.25) is 5.02 Å². The third-order valence-electron chi connectivity index (χ3n) is 2.81. The normalized spacial score (nSPS) is 11.6. The maximum Gasteiger partial charge on any atom is 0.193 e. The van der Waals surface area contributed by atoms with Crippen LogP contribution in [0.1, 0.15) is 27.5 Å². The predicted molar refractivity (Wildman–Crippen MR) is 77.1 cm³/mol. The summed E-state index contributed by atoms with van der Waals surface area (Å²) in [6.45, 7) is 0. The van der Waals surface area contributed by atoms with Crippen LogP contribution in [0.25, 0.3) is 0 Å². The number of terminal acetylenes is 1. The fourth-order valence-electron chi connectivity index (χ4n) is 1.83. The SMILES string of the molecule is C#CC(N)c1ccc(Cl)cc1C(=O)c1ccccc1. The highest BCUT2D eigenvalue weighted by Gasteiger charge is 2.17. The molecule has 19 heavy (non-hydrogen) atoms. The van der Waals surface area contributed by atoms with Crippen molar-refractivity contribution in [2.75, 3.05) is 0 Å². The number of carbonyl (C=O) groups is 1. The fourth-order valence-corrected chi connectivity index (χ4v) is 2.00. The zero-order valence-electron chi connectivity index (χ0n) is 10.1. The Kier molecular flexibility index (Phi) is 4.01. The number of hydrogen-bond acceptors (Lipinski definition) is 2. The Morgan fingerprint density at radius 2 is 1.89 bits per heavy atom. The van der Waals surface area contributed by atoms with Crippen molar-refractivity contribution in [2.45, 2.75) is 6.04 Å². The van der Waals surface area contributed by atoms with Gasteiger partial charge in [0.05, 0.1) is 6.04 Å². The van der Waals surface area contributed by atoms with E-state index in [9.17, 15) is 4.79 Å². The van der Waals surface area contributed by atoms with E-state index in [1.54, 1.807) is 42.5 Å². The molecular weight excluding hydrogens is 258 g/mol. The lowest BCUT2D eigenvalue weighted by Gasteiger charge is -2.11. The van der Waals surface area contributed by atoms with E-state index in [-0.39, 0.29) is 5.78 Å². The molecule has 0 aliphatic heterocycles. The van der Waals surface area contributed by atoms with E-state index < -0.39 is 6.04 Å². The van der Waals surface area contributed by atoms with E-state index in [4.69, 9.17) is 23.8 Å². The molecule has 0 spiro atoms. The molecule has 2 rings (SSSR count). The second-order valence-electron chi connectivity index (χ2n) is 4.07. The highest BCUT2D eigenvalue weighted by Crippen LogP contribution is 2.23. The van der Waals surface area contributed by atoms with Crippen LogP contribution in [0.5, 0.6) is 0 Å². The van der Waals surface area contributed by atoms with Gasteiger partial charge in [-0.25, -0.2) is 0 Å². The van der Waals surface area contributed by atoms with Crippen LogP contribution in [0.3, 0.4) is 0 Å². The van der Waals surface area contributed by atoms with Gasteiger partial charge < -0.3 is 5.73 Å². The van der Waals surface area contributed by atoms with Crippen molar-refractivity contribution in [3.8, 4) is 12.3 Å². The summed E-state index contributed by atoms with van der Waals surface area (Å²) >= 11 is 5.95. The summed E-state index contributed by atoms with van der Waals surface area (Å²) in [4.78, 5) is 12.5. The average molecular weight is 270 g/mol. The Morgan fingerprint density at radius 1 is 1.21 bits per heavy atom. The van der Waals surface area contributed by atoms with Gasteiger partial charge >= 0.3 is 0 Å². The number of halogens is 1. The number of benzene rings is 2. The largest absolute Gasteiger partial charge is 0.314 e. The summed E-state index contributed by atoms with van der Waals surface area (Å²) in [5, 5.41) is 0.479. The van der Waals surface area contributed by atoms with Gasteiger partial charge in [-0.1, -0.05) is 53.9 Å². The zero-order chi connectivity index (χ0) is 13.8. The average Bonchev–Trinajstić information content (AvgIpc) is 2.46. The maximum absolute atomic E-state index is 12.5. The Hall–Kier alpha value is -2.08. The van der Waals surface area contributed by atoms with E-state index >= 15 is 0 Å². The van der Waals surface area contributed by atoms with Crippen molar-refractivity contribution in [2.24, 2.45) is 5.73 Å². The lowest BCUT2D eigenvalue weighted by Crippen LogP contribution is -2.14. The molecule has 94 valence electrons. The zero-order valence-corrected chi connectivity index (χ0v) is 10.9. The minimum Gasteiger partial charge on any atom is -0.314 e. The van der Waals surface area contributed by atoms with E-state index in [1.807, 2.05) is 6.07 Å². The standard InChI is InChI=1S/C16H12ClNO/c1-2-15(18)13-9-8-12(17)10-14(13)16(19)11-6-4-3-5-7-11/h1,3-10,15H,18H2. The molecule has 0 radical (unpaired) electrons. The van der Waals surface area contributed by atoms with E-state index in [2.05, 4.69) is 5.92 Å². The molecular formula is C16H12ClNO. The van der Waals surface area contributed by atoms with Crippen molar-refractivity contribution in [1.82, 2.24) is 0 Å². The first kappa shape index (κ1) is 13.4. The molecule has 0 aliphatic rings. The third-order valence-corrected chi connectivity index (χ3v) is 3.05. The Bertz CT molecular complexity index is 644. The molecule has 2 aromatic rings. The fraction of sp³-hybridized carbons (Fsp3) is 0.0625. The molecule has 0 saturated carbocycles. The monoisotopic (exact) mass is 269 g/mol. The number of ketones is 1. The Morgan fingerprint density at radius 3 is 2.53 bits per heavy atom.